The van der Waals surface area contributed by atoms with Gasteiger partial charge in [-0.05, 0) is 18.6 Å². The van der Waals surface area contributed by atoms with Gasteiger partial charge in [-0.15, -0.1) is 0 Å². The summed E-state index contributed by atoms with van der Waals surface area (Å²) >= 11 is 0. The second-order valence-electron chi connectivity index (χ2n) is 3.87. The fourth-order valence-corrected chi connectivity index (χ4v) is 1.86. The molecule has 0 saturated carbocycles. The first-order valence-electron chi connectivity index (χ1n) is 5.51. The van der Waals surface area contributed by atoms with Gasteiger partial charge in [0.2, 0.25) is 0 Å². The summed E-state index contributed by atoms with van der Waals surface area (Å²) < 4.78 is 44.1. The Hall–Kier alpha value is -1.78. The molecule has 0 bridgehead atoms. The lowest BCUT2D eigenvalue weighted by Crippen LogP contribution is -2.08. The minimum Gasteiger partial charge on any atom is -0.494 e. The monoisotopic (exact) mass is 255 g/mol. The molecule has 0 spiro atoms. The molecule has 0 fully saturated rings. The smallest absolute Gasteiger partial charge is 0.417 e. The van der Waals surface area contributed by atoms with E-state index in [4.69, 9.17) is 4.74 Å². The van der Waals surface area contributed by atoms with Crippen molar-refractivity contribution in [2.24, 2.45) is 0 Å². The van der Waals surface area contributed by atoms with Crippen LogP contribution in [-0.2, 0) is 12.6 Å². The zero-order valence-corrected chi connectivity index (χ0v) is 10.0. The van der Waals surface area contributed by atoms with Gasteiger partial charge in [0, 0.05) is 11.1 Å². The Labute approximate surface area is 102 Å². The van der Waals surface area contributed by atoms with Crippen molar-refractivity contribution < 1.29 is 17.9 Å². The third-order valence-corrected chi connectivity index (χ3v) is 2.74. The lowest BCUT2D eigenvalue weighted by Gasteiger charge is -2.13. The van der Waals surface area contributed by atoms with Crippen LogP contribution in [0.5, 0.6) is 5.75 Å². The normalized spacial score (nSPS) is 11.8. The number of para-hydroxylation sites is 1. The first-order chi connectivity index (χ1) is 8.47. The molecule has 1 heterocycles. The van der Waals surface area contributed by atoms with Gasteiger partial charge in [-0.2, -0.15) is 13.2 Å². The van der Waals surface area contributed by atoms with E-state index in [0.29, 0.717) is 17.9 Å². The van der Waals surface area contributed by atoms with E-state index in [9.17, 15) is 13.2 Å². The maximum Gasteiger partial charge on any atom is 0.417 e. The van der Waals surface area contributed by atoms with Crippen molar-refractivity contribution in [2.75, 3.05) is 7.11 Å². The number of nitrogens with zero attached hydrogens (tertiary/aromatic N) is 1. The summed E-state index contributed by atoms with van der Waals surface area (Å²) in [4.78, 5) is 4.21. The van der Waals surface area contributed by atoms with Crippen molar-refractivity contribution in [2.45, 2.75) is 19.5 Å². The third kappa shape index (κ3) is 2.12. The van der Waals surface area contributed by atoms with E-state index in [2.05, 4.69) is 4.98 Å². The Kier molecular flexibility index (Phi) is 3.15. The van der Waals surface area contributed by atoms with Crippen molar-refractivity contribution in [3.05, 3.63) is 35.5 Å². The maximum atomic E-state index is 13.0. The van der Waals surface area contributed by atoms with Crippen LogP contribution in [0.1, 0.15) is 18.2 Å². The van der Waals surface area contributed by atoms with Crippen molar-refractivity contribution in [1.82, 2.24) is 4.98 Å². The van der Waals surface area contributed by atoms with Gasteiger partial charge >= 0.3 is 6.18 Å². The number of hydrogen-bond acceptors (Lipinski definition) is 2. The number of aryl methyl sites for hydroxylation is 1. The number of aromatic nitrogens is 1. The van der Waals surface area contributed by atoms with Gasteiger partial charge in [0.15, 0.2) is 0 Å². The largest absolute Gasteiger partial charge is 0.494 e. The van der Waals surface area contributed by atoms with Gasteiger partial charge in [-0.25, -0.2) is 4.98 Å². The summed E-state index contributed by atoms with van der Waals surface area (Å²) in [6.07, 6.45) is -3.95. The molecule has 2 aromatic rings. The molecule has 2 rings (SSSR count). The molecule has 0 aliphatic heterocycles. The second kappa shape index (κ2) is 4.48. The van der Waals surface area contributed by atoms with E-state index in [1.165, 1.54) is 19.2 Å². The zero-order valence-electron chi connectivity index (χ0n) is 10.0. The highest BCUT2D eigenvalue weighted by atomic mass is 19.4. The van der Waals surface area contributed by atoms with Gasteiger partial charge < -0.3 is 4.74 Å². The van der Waals surface area contributed by atoms with Crippen LogP contribution in [-0.4, -0.2) is 12.1 Å². The summed E-state index contributed by atoms with van der Waals surface area (Å²) in [6.45, 7) is 1.77. The van der Waals surface area contributed by atoms with Crippen molar-refractivity contribution >= 4 is 10.9 Å². The highest BCUT2D eigenvalue weighted by Gasteiger charge is 2.33. The number of ether oxygens (including phenoxy) is 1. The predicted molar refractivity (Wildman–Crippen MR) is 62.7 cm³/mol. The molecule has 0 unspecified atom stereocenters. The Balaban J connectivity index is 2.85. The van der Waals surface area contributed by atoms with Crippen LogP contribution in [0.3, 0.4) is 0 Å². The summed E-state index contributed by atoms with van der Waals surface area (Å²) in [5.41, 5.74) is -0.00532. The molecule has 1 aromatic heterocycles. The summed E-state index contributed by atoms with van der Waals surface area (Å²) in [6, 6.07) is 5.65. The minimum atomic E-state index is -4.39. The number of benzene rings is 1. The van der Waals surface area contributed by atoms with E-state index in [-0.39, 0.29) is 10.9 Å². The first-order valence-corrected chi connectivity index (χ1v) is 5.51. The number of alkyl halides is 3. The fourth-order valence-electron chi connectivity index (χ4n) is 1.86. The molecule has 1 aromatic carbocycles. The van der Waals surface area contributed by atoms with Gasteiger partial charge in [0.25, 0.3) is 0 Å². The van der Waals surface area contributed by atoms with E-state index in [1.54, 1.807) is 13.0 Å². The molecule has 0 radical (unpaired) electrons. The standard InChI is InChI=1S/C13H12F3NO/c1-3-8-7-10(13(14,15)16)9-5-4-6-11(18-2)12(9)17-8/h4-7H,3H2,1-2H3. The van der Waals surface area contributed by atoms with E-state index < -0.39 is 11.7 Å². The zero-order chi connectivity index (χ0) is 13.3. The number of halogens is 3. The highest BCUT2D eigenvalue weighted by molar-refractivity contribution is 5.88. The number of methoxy groups -OCH3 is 1. The Bertz CT molecular complexity index is 578. The van der Waals surface area contributed by atoms with Crippen LogP contribution in [0.15, 0.2) is 24.3 Å². The molecule has 0 aliphatic rings. The fraction of sp³-hybridized carbons (Fsp3) is 0.308. The van der Waals surface area contributed by atoms with Crippen molar-refractivity contribution in [1.29, 1.82) is 0 Å². The number of hydrogen-bond donors (Lipinski definition) is 0. The first kappa shape index (κ1) is 12.7. The molecule has 5 heteroatoms. The molecule has 0 N–H and O–H groups in total. The minimum absolute atomic E-state index is 0.0686. The summed E-state index contributed by atoms with van der Waals surface area (Å²) in [5.74, 6) is 0.355. The molecule has 0 aliphatic carbocycles. The molecular weight excluding hydrogens is 243 g/mol. The highest BCUT2D eigenvalue weighted by Crippen LogP contribution is 2.37. The number of pyridine rings is 1. The molecule has 18 heavy (non-hydrogen) atoms. The third-order valence-electron chi connectivity index (χ3n) is 2.74. The van der Waals surface area contributed by atoms with E-state index >= 15 is 0 Å². The quantitative estimate of drug-likeness (QED) is 0.813. The van der Waals surface area contributed by atoms with Gasteiger partial charge in [-0.1, -0.05) is 19.1 Å². The topological polar surface area (TPSA) is 22.1 Å². The van der Waals surface area contributed by atoms with Crippen molar-refractivity contribution in [3.63, 3.8) is 0 Å². The molecule has 2 nitrogen and oxygen atoms in total. The van der Waals surface area contributed by atoms with Gasteiger partial charge in [0.05, 0.1) is 12.7 Å². The average Bonchev–Trinajstić information content (AvgIpc) is 2.35. The van der Waals surface area contributed by atoms with Crippen LogP contribution in [0, 0.1) is 0 Å². The Morgan fingerprint density at radius 3 is 2.56 bits per heavy atom. The van der Waals surface area contributed by atoms with E-state index in [0.717, 1.165) is 6.07 Å². The summed E-state index contributed by atoms with van der Waals surface area (Å²) in [5, 5.41) is 0.0686. The summed E-state index contributed by atoms with van der Waals surface area (Å²) in [7, 11) is 1.42. The molecule has 0 atom stereocenters. The lowest BCUT2D eigenvalue weighted by molar-refractivity contribution is -0.136. The maximum absolute atomic E-state index is 13.0. The Morgan fingerprint density at radius 1 is 1.28 bits per heavy atom. The predicted octanol–water partition coefficient (Wildman–Crippen LogP) is 3.82. The van der Waals surface area contributed by atoms with Crippen molar-refractivity contribution in [3.8, 4) is 5.75 Å². The van der Waals surface area contributed by atoms with E-state index in [1.807, 2.05) is 0 Å². The Morgan fingerprint density at radius 2 is 2.00 bits per heavy atom. The van der Waals surface area contributed by atoms with Crippen LogP contribution in [0.25, 0.3) is 10.9 Å². The molecule has 0 amide bonds. The second-order valence-corrected chi connectivity index (χ2v) is 3.87. The van der Waals surface area contributed by atoms with Crippen LogP contribution >= 0.6 is 0 Å². The van der Waals surface area contributed by atoms with Crippen LogP contribution < -0.4 is 4.74 Å². The van der Waals surface area contributed by atoms with Crippen LogP contribution in [0.2, 0.25) is 0 Å². The van der Waals surface area contributed by atoms with Gasteiger partial charge in [0.1, 0.15) is 11.3 Å². The van der Waals surface area contributed by atoms with Crippen LogP contribution in [0.4, 0.5) is 13.2 Å². The average molecular weight is 255 g/mol. The number of rotatable bonds is 2. The lowest BCUT2D eigenvalue weighted by atomic mass is 10.1. The number of fused-ring (bicyclic) bond motifs is 1. The molecule has 0 saturated heterocycles. The van der Waals surface area contributed by atoms with Gasteiger partial charge in [-0.3, -0.25) is 0 Å². The SMILES string of the molecule is CCc1cc(C(F)(F)F)c2cccc(OC)c2n1. The molecular formula is C13H12F3NO. The molecule has 96 valence electrons.